The molecule has 6 heteroatoms. The molecule has 2 aromatic carbocycles. The number of carbonyl (C=O) groups is 2. The first kappa shape index (κ1) is 17.1. The number of aryl methyl sites for hydroxylation is 2. The Kier molecular flexibility index (Phi) is 4.68. The van der Waals surface area contributed by atoms with Crippen LogP contribution in [0.4, 0.5) is 11.4 Å². The predicted molar refractivity (Wildman–Crippen MR) is 104 cm³/mol. The van der Waals surface area contributed by atoms with Crippen molar-refractivity contribution < 1.29 is 14.3 Å². The van der Waals surface area contributed by atoms with E-state index in [9.17, 15) is 9.59 Å². The summed E-state index contributed by atoms with van der Waals surface area (Å²) in [6.45, 7) is 0.716. The zero-order valence-electron chi connectivity index (χ0n) is 14.3. The maximum absolute atomic E-state index is 12.7. The molecule has 2 aromatic rings. The minimum atomic E-state index is -0.0423. The second-order valence-electron chi connectivity index (χ2n) is 6.58. The molecule has 26 heavy (non-hydrogen) atoms. The lowest BCUT2D eigenvalue weighted by Crippen LogP contribution is -2.38. The molecule has 0 atom stereocenters. The van der Waals surface area contributed by atoms with Crippen LogP contribution < -0.4 is 15.0 Å². The van der Waals surface area contributed by atoms with Gasteiger partial charge in [0.25, 0.3) is 5.91 Å². The van der Waals surface area contributed by atoms with Crippen molar-refractivity contribution in [2.45, 2.75) is 25.7 Å². The van der Waals surface area contributed by atoms with Crippen LogP contribution in [-0.2, 0) is 22.4 Å². The maximum atomic E-state index is 12.7. The molecule has 134 valence electrons. The number of fused-ring (bicyclic) bond motifs is 2. The predicted octanol–water partition coefficient (Wildman–Crippen LogP) is 3.69. The summed E-state index contributed by atoms with van der Waals surface area (Å²) in [7, 11) is 0. The number of amides is 2. The lowest BCUT2D eigenvalue weighted by Gasteiger charge is -2.29. The normalized spacial score (nSPS) is 15.7. The third-order valence-corrected chi connectivity index (χ3v) is 5.29. The molecular weight excluding hydrogens is 396 g/mol. The molecular formula is C20H19BrN2O3. The van der Waals surface area contributed by atoms with Crippen LogP contribution in [0.2, 0.25) is 0 Å². The van der Waals surface area contributed by atoms with Gasteiger partial charge in [0.1, 0.15) is 5.75 Å². The van der Waals surface area contributed by atoms with Crippen molar-refractivity contribution in [2.75, 3.05) is 23.4 Å². The van der Waals surface area contributed by atoms with Crippen molar-refractivity contribution >= 4 is 39.1 Å². The third-order valence-electron chi connectivity index (χ3n) is 4.80. The van der Waals surface area contributed by atoms with Crippen LogP contribution in [0.5, 0.6) is 5.75 Å². The number of ether oxygens (including phenoxy) is 1. The molecule has 2 aliphatic heterocycles. The quantitative estimate of drug-likeness (QED) is 0.832. The third kappa shape index (κ3) is 3.46. The summed E-state index contributed by atoms with van der Waals surface area (Å²) in [6.07, 6.45) is 3.11. The van der Waals surface area contributed by atoms with Gasteiger partial charge >= 0.3 is 0 Å². The smallest absolute Gasteiger partial charge is 0.264 e. The standard InChI is InChI=1S/C20H19BrN2O3/c21-15-4-7-18-14(10-15)2-1-9-23(18)20(25)12-26-16-5-6-17-13(11-16)3-8-19(24)22-17/h4-7,10-11H,1-3,8-9,12H2,(H,22,24). The van der Waals surface area contributed by atoms with Gasteiger partial charge in [-0.3, -0.25) is 9.59 Å². The van der Waals surface area contributed by atoms with Crippen molar-refractivity contribution in [3.63, 3.8) is 0 Å². The van der Waals surface area contributed by atoms with Gasteiger partial charge in [0.05, 0.1) is 0 Å². The molecule has 0 bridgehead atoms. The lowest BCUT2D eigenvalue weighted by atomic mass is 10.0. The minimum absolute atomic E-state index is 0.000645. The number of anilines is 2. The first-order valence-corrected chi connectivity index (χ1v) is 9.54. The highest BCUT2D eigenvalue weighted by Crippen LogP contribution is 2.30. The first-order valence-electron chi connectivity index (χ1n) is 8.74. The first-order chi connectivity index (χ1) is 12.6. The van der Waals surface area contributed by atoms with Gasteiger partial charge in [-0.25, -0.2) is 0 Å². The van der Waals surface area contributed by atoms with Crippen molar-refractivity contribution in [2.24, 2.45) is 0 Å². The molecule has 0 saturated carbocycles. The summed E-state index contributed by atoms with van der Waals surface area (Å²) in [5.74, 6) is 0.650. The van der Waals surface area contributed by atoms with Gasteiger partial charge in [0.15, 0.2) is 6.61 Å². The van der Waals surface area contributed by atoms with E-state index >= 15 is 0 Å². The number of carbonyl (C=O) groups excluding carboxylic acids is 2. The number of benzene rings is 2. The fourth-order valence-corrected chi connectivity index (χ4v) is 3.91. The van der Waals surface area contributed by atoms with E-state index in [-0.39, 0.29) is 18.4 Å². The number of rotatable bonds is 3. The van der Waals surface area contributed by atoms with Gasteiger partial charge in [-0.2, -0.15) is 0 Å². The number of hydrogen-bond acceptors (Lipinski definition) is 3. The Balaban J connectivity index is 1.44. The summed E-state index contributed by atoms with van der Waals surface area (Å²) in [6, 6.07) is 11.6. The maximum Gasteiger partial charge on any atom is 0.264 e. The molecule has 2 amide bonds. The van der Waals surface area contributed by atoms with Crippen LogP contribution in [0, 0.1) is 0 Å². The number of halogens is 1. The van der Waals surface area contributed by atoms with Gasteiger partial charge in [0.2, 0.25) is 5.91 Å². The van der Waals surface area contributed by atoms with Gasteiger partial charge in [0, 0.05) is 28.8 Å². The molecule has 2 aliphatic rings. The summed E-state index contributed by atoms with van der Waals surface area (Å²) in [5.41, 5.74) is 4.03. The molecule has 1 N–H and O–H groups in total. The van der Waals surface area contributed by atoms with Crippen LogP contribution in [0.25, 0.3) is 0 Å². The van der Waals surface area contributed by atoms with Gasteiger partial charge in [-0.15, -0.1) is 0 Å². The molecule has 0 aromatic heterocycles. The summed E-state index contributed by atoms with van der Waals surface area (Å²) in [4.78, 5) is 25.9. The molecule has 0 saturated heterocycles. The van der Waals surface area contributed by atoms with E-state index in [1.54, 1.807) is 6.07 Å². The Morgan fingerprint density at radius 3 is 2.88 bits per heavy atom. The fourth-order valence-electron chi connectivity index (χ4n) is 3.50. The van der Waals surface area contributed by atoms with E-state index in [0.717, 1.165) is 34.3 Å². The highest BCUT2D eigenvalue weighted by molar-refractivity contribution is 9.10. The molecule has 0 fully saturated rings. The Morgan fingerprint density at radius 1 is 1.12 bits per heavy atom. The molecule has 0 aliphatic carbocycles. The average molecular weight is 415 g/mol. The second kappa shape index (κ2) is 7.11. The Morgan fingerprint density at radius 2 is 2.00 bits per heavy atom. The van der Waals surface area contributed by atoms with E-state index in [2.05, 4.69) is 27.3 Å². The van der Waals surface area contributed by atoms with E-state index in [4.69, 9.17) is 4.74 Å². The van der Waals surface area contributed by atoms with Crippen molar-refractivity contribution in [3.05, 3.63) is 52.0 Å². The molecule has 2 heterocycles. The monoisotopic (exact) mass is 414 g/mol. The van der Waals surface area contributed by atoms with Crippen molar-refractivity contribution in [3.8, 4) is 5.75 Å². The molecule has 0 radical (unpaired) electrons. The minimum Gasteiger partial charge on any atom is -0.484 e. The zero-order chi connectivity index (χ0) is 18.1. The van der Waals surface area contributed by atoms with E-state index in [1.165, 1.54) is 5.56 Å². The lowest BCUT2D eigenvalue weighted by molar-refractivity contribution is -0.120. The van der Waals surface area contributed by atoms with Crippen LogP contribution in [-0.4, -0.2) is 25.0 Å². The van der Waals surface area contributed by atoms with Crippen molar-refractivity contribution in [1.82, 2.24) is 0 Å². The highest BCUT2D eigenvalue weighted by atomic mass is 79.9. The van der Waals surface area contributed by atoms with E-state index in [0.29, 0.717) is 25.1 Å². The van der Waals surface area contributed by atoms with Crippen LogP contribution in [0.15, 0.2) is 40.9 Å². The van der Waals surface area contributed by atoms with Gasteiger partial charge in [-0.05, 0) is 66.8 Å². The fraction of sp³-hybridized carbons (Fsp3) is 0.300. The molecule has 4 rings (SSSR count). The summed E-state index contributed by atoms with van der Waals surface area (Å²) in [5, 5.41) is 2.85. The van der Waals surface area contributed by atoms with Crippen LogP contribution >= 0.6 is 15.9 Å². The number of hydrogen-bond donors (Lipinski definition) is 1. The topological polar surface area (TPSA) is 58.6 Å². The summed E-state index contributed by atoms with van der Waals surface area (Å²) < 4.78 is 6.77. The largest absolute Gasteiger partial charge is 0.484 e. The molecule has 0 spiro atoms. The zero-order valence-corrected chi connectivity index (χ0v) is 15.8. The Bertz CT molecular complexity index is 881. The molecule has 0 unspecified atom stereocenters. The van der Waals surface area contributed by atoms with Crippen LogP contribution in [0.1, 0.15) is 24.0 Å². The Hall–Kier alpha value is -2.34. The Labute approximate surface area is 160 Å². The average Bonchev–Trinajstić information content (AvgIpc) is 2.65. The van der Waals surface area contributed by atoms with Crippen molar-refractivity contribution in [1.29, 1.82) is 0 Å². The summed E-state index contributed by atoms with van der Waals surface area (Å²) >= 11 is 3.49. The van der Waals surface area contributed by atoms with E-state index in [1.807, 2.05) is 29.2 Å². The van der Waals surface area contributed by atoms with Crippen LogP contribution in [0.3, 0.4) is 0 Å². The van der Waals surface area contributed by atoms with Gasteiger partial charge < -0.3 is 15.0 Å². The van der Waals surface area contributed by atoms with Gasteiger partial charge in [-0.1, -0.05) is 15.9 Å². The second-order valence-corrected chi connectivity index (χ2v) is 7.49. The van der Waals surface area contributed by atoms with E-state index < -0.39 is 0 Å². The SMILES string of the molecule is O=C1CCc2cc(OCC(=O)N3CCCc4cc(Br)ccc43)ccc2N1. The number of nitrogens with zero attached hydrogens (tertiary/aromatic N) is 1. The highest BCUT2D eigenvalue weighted by Gasteiger charge is 2.23. The molecule has 5 nitrogen and oxygen atoms in total. The number of nitrogens with one attached hydrogen (secondary N) is 1.